The van der Waals surface area contributed by atoms with Crippen LogP contribution in [0.3, 0.4) is 0 Å². The highest BCUT2D eigenvalue weighted by Crippen LogP contribution is 2.28. The van der Waals surface area contributed by atoms with Crippen molar-refractivity contribution in [3.8, 4) is 17.8 Å². The Balaban J connectivity index is 2.13. The number of halogens is 1. The molecule has 0 saturated carbocycles. The van der Waals surface area contributed by atoms with Gasteiger partial charge < -0.3 is 4.57 Å². The van der Waals surface area contributed by atoms with Gasteiger partial charge in [-0.15, -0.1) is 0 Å². The molecule has 0 amide bonds. The van der Waals surface area contributed by atoms with Crippen LogP contribution in [-0.2, 0) is 0 Å². The average Bonchev–Trinajstić information content (AvgIpc) is 2.95. The second-order valence-electron chi connectivity index (χ2n) is 6.46. The molecule has 3 aromatic rings. The number of nitriles is 2. The minimum atomic E-state index is 0.523. The Morgan fingerprint density at radius 2 is 1.81 bits per heavy atom. The molecule has 0 unspecified atom stereocenters. The molecule has 27 heavy (non-hydrogen) atoms. The van der Waals surface area contributed by atoms with E-state index in [0.29, 0.717) is 16.2 Å². The highest BCUT2D eigenvalue weighted by atomic mass is 35.5. The van der Waals surface area contributed by atoms with Gasteiger partial charge in [0.25, 0.3) is 0 Å². The molecule has 0 fully saturated rings. The summed E-state index contributed by atoms with van der Waals surface area (Å²) < 4.78 is 2.15. The maximum atomic E-state index is 9.64. The van der Waals surface area contributed by atoms with Gasteiger partial charge in [-0.05, 0) is 73.9 Å². The predicted octanol–water partition coefficient (Wildman–Crippen LogP) is 5.99. The van der Waals surface area contributed by atoms with E-state index in [2.05, 4.69) is 22.8 Å². The quantitative estimate of drug-likeness (QED) is 0.531. The molecule has 0 aliphatic heterocycles. The molecule has 132 valence electrons. The maximum absolute atomic E-state index is 9.64. The minimum Gasteiger partial charge on any atom is -0.318 e. The van der Waals surface area contributed by atoms with Crippen LogP contribution in [0.25, 0.3) is 17.3 Å². The van der Waals surface area contributed by atoms with Crippen LogP contribution in [0.5, 0.6) is 0 Å². The minimum absolute atomic E-state index is 0.523. The number of aromatic nitrogens is 1. The number of aryl methyl sites for hydroxylation is 2. The van der Waals surface area contributed by atoms with Crippen LogP contribution in [0.2, 0.25) is 5.02 Å². The summed E-state index contributed by atoms with van der Waals surface area (Å²) in [6, 6.07) is 19.4. The van der Waals surface area contributed by atoms with Gasteiger partial charge in [-0.1, -0.05) is 29.8 Å². The van der Waals surface area contributed by atoms with Gasteiger partial charge in [-0.2, -0.15) is 10.5 Å². The fraction of sp³-hybridized carbons (Fsp3) is 0.130. The molecule has 0 bridgehead atoms. The number of hydrogen-bond acceptors (Lipinski definition) is 2. The summed E-state index contributed by atoms with van der Waals surface area (Å²) in [6.07, 6.45) is 1.87. The highest BCUT2D eigenvalue weighted by Gasteiger charge is 2.13. The van der Waals surface area contributed by atoms with E-state index in [0.717, 1.165) is 33.8 Å². The van der Waals surface area contributed by atoms with Crippen molar-refractivity contribution in [3.05, 3.63) is 87.2 Å². The van der Waals surface area contributed by atoms with Gasteiger partial charge in [-0.25, -0.2) is 0 Å². The van der Waals surface area contributed by atoms with Crippen LogP contribution in [0.4, 0.5) is 0 Å². The van der Waals surface area contributed by atoms with Crippen molar-refractivity contribution in [2.24, 2.45) is 0 Å². The lowest BCUT2D eigenvalue weighted by Gasteiger charge is -2.13. The van der Waals surface area contributed by atoms with Gasteiger partial charge in [0.05, 0.1) is 23.3 Å². The lowest BCUT2D eigenvalue weighted by Crippen LogP contribution is -2.01. The van der Waals surface area contributed by atoms with E-state index in [-0.39, 0.29) is 0 Å². The zero-order valence-electron chi connectivity index (χ0n) is 15.4. The molecule has 0 radical (unpaired) electrons. The standard InChI is InChI=1S/C23H18ClN3/c1-15-7-8-22(24)12-23(15)27-16(2)9-20(17(27)3)11-21(14-26)19-6-4-5-18(10-19)13-25/h4-12H,1-3H3/b21-11-. The van der Waals surface area contributed by atoms with Gasteiger partial charge in [0.1, 0.15) is 0 Å². The zero-order chi connectivity index (χ0) is 19.6. The van der Waals surface area contributed by atoms with Crippen molar-refractivity contribution >= 4 is 23.3 Å². The van der Waals surface area contributed by atoms with E-state index in [1.807, 2.05) is 51.1 Å². The molecule has 0 spiro atoms. The van der Waals surface area contributed by atoms with Gasteiger partial charge in [0.15, 0.2) is 0 Å². The Labute approximate surface area is 164 Å². The third-order valence-electron chi connectivity index (χ3n) is 4.61. The normalized spacial score (nSPS) is 11.1. The van der Waals surface area contributed by atoms with Crippen LogP contribution in [0, 0.1) is 43.4 Å². The summed E-state index contributed by atoms with van der Waals surface area (Å²) >= 11 is 6.20. The number of hydrogen-bond donors (Lipinski definition) is 0. The molecule has 0 aliphatic rings. The molecule has 4 heteroatoms. The number of rotatable bonds is 3. The second-order valence-corrected chi connectivity index (χ2v) is 6.89. The molecule has 0 atom stereocenters. The molecule has 3 nitrogen and oxygen atoms in total. The molecule has 3 rings (SSSR count). The fourth-order valence-electron chi connectivity index (χ4n) is 3.22. The Morgan fingerprint density at radius 1 is 1.04 bits per heavy atom. The fourth-order valence-corrected chi connectivity index (χ4v) is 3.39. The molecule has 0 aliphatic carbocycles. The lowest BCUT2D eigenvalue weighted by molar-refractivity contribution is 0.954. The maximum Gasteiger partial charge on any atom is 0.0998 e. The predicted molar refractivity (Wildman–Crippen MR) is 110 cm³/mol. The second kappa shape index (κ2) is 7.54. The smallest absolute Gasteiger partial charge is 0.0998 e. The van der Waals surface area contributed by atoms with Gasteiger partial charge >= 0.3 is 0 Å². The summed E-state index contributed by atoms with van der Waals surface area (Å²) in [5.41, 5.74) is 7.00. The monoisotopic (exact) mass is 371 g/mol. The van der Waals surface area contributed by atoms with Crippen LogP contribution >= 0.6 is 11.6 Å². The van der Waals surface area contributed by atoms with Gasteiger partial charge in [0, 0.05) is 22.1 Å². The molecule has 0 saturated heterocycles. The van der Waals surface area contributed by atoms with E-state index in [4.69, 9.17) is 16.9 Å². The summed E-state index contributed by atoms with van der Waals surface area (Å²) in [4.78, 5) is 0. The Morgan fingerprint density at radius 3 is 2.52 bits per heavy atom. The number of benzene rings is 2. The summed E-state index contributed by atoms with van der Waals surface area (Å²) in [5.74, 6) is 0. The first-order chi connectivity index (χ1) is 12.9. The first kappa shape index (κ1) is 18.5. The number of nitrogens with zero attached hydrogens (tertiary/aromatic N) is 3. The van der Waals surface area contributed by atoms with Crippen molar-refractivity contribution in [1.29, 1.82) is 10.5 Å². The Kier molecular flexibility index (Phi) is 5.17. The highest BCUT2D eigenvalue weighted by molar-refractivity contribution is 6.30. The SMILES string of the molecule is Cc1ccc(Cl)cc1-n1c(C)cc(/C=C(/C#N)c2cccc(C#N)c2)c1C. The Hall–Kier alpha value is -3.27. The van der Waals surface area contributed by atoms with Gasteiger partial charge in [0.2, 0.25) is 0 Å². The topological polar surface area (TPSA) is 52.5 Å². The summed E-state index contributed by atoms with van der Waals surface area (Å²) in [7, 11) is 0. The van der Waals surface area contributed by atoms with Gasteiger partial charge in [-0.3, -0.25) is 0 Å². The molecule has 0 N–H and O–H groups in total. The largest absolute Gasteiger partial charge is 0.318 e. The number of allylic oxidation sites excluding steroid dienone is 1. The molecule has 1 aromatic heterocycles. The molecular weight excluding hydrogens is 354 g/mol. The van der Waals surface area contributed by atoms with Crippen molar-refractivity contribution in [1.82, 2.24) is 4.57 Å². The lowest BCUT2D eigenvalue weighted by atomic mass is 10.0. The van der Waals surface area contributed by atoms with Crippen molar-refractivity contribution in [2.75, 3.05) is 0 Å². The third kappa shape index (κ3) is 3.65. The van der Waals surface area contributed by atoms with Crippen LogP contribution in [0.1, 0.15) is 33.6 Å². The summed E-state index contributed by atoms with van der Waals surface area (Å²) in [6.45, 7) is 6.11. The average molecular weight is 372 g/mol. The van der Waals surface area contributed by atoms with Crippen molar-refractivity contribution in [2.45, 2.75) is 20.8 Å². The van der Waals surface area contributed by atoms with E-state index >= 15 is 0 Å². The molecular formula is C23H18ClN3. The summed E-state index contributed by atoms with van der Waals surface area (Å²) in [5, 5.41) is 19.4. The Bertz CT molecular complexity index is 1140. The molecule has 2 aromatic carbocycles. The molecule has 1 heterocycles. The van der Waals surface area contributed by atoms with E-state index in [9.17, 15) is 5.26 Å². The first-order valence-electron chi connectivity index (χ1n) is 8.52. The third-order valence-corrected chi connectivity index (χ3v) is 4.84. The zero-order valence-corrected chi connectivity index (χ0v) is 16.2. The van der Waals surface area contributed by atoms with Crippen LogP contribution in [-0.4, -0.2) is 4.57 Å². The van der Waals surface area contributed by atoms with E-state index in [1.165, 1.54) is 0 Å². The van der Waals surface area contributed by atoms with Crippen LogP contribution in [0.15, 0.2) is 48.5 Å². The van der Waals surface area contributed by atoms with E-state index in [1.54, 1.807) is 18.2 Å². The van der Waals surface area contributed by atoms with Crippen molar-refractivity contribution < 1.29 is 0 Å². The van der Waals surface area contributed by atoms with Crippen LogP contribution < -0.4 is 0 Å². The van der Waals surface area contributed by atoms with E-state index < -0.39 is 0 Å². The van der Waals surface area contributed by atoms with Crippen molar-refractivity contribution in [3.63, 3.8) is 0 Å². The first-order valence-corrected chi connectivity index (χ1v) is 8.90.